The van der Waals surface area contributed by atoms with Gasteiger partial charge in [-0.3, -0.25) is 0 Å². The van der Waals surface area contributed by atoms with E-state index in [0.29, 0.717) is 5.92 Å². The number of carbonyl (C=O) groups is 1. The number of nitrogens with zero attached hydrogens (tertiary/aromatic N) is 1. The summed E-state index contributed by atoms with van der Waals surface area (Å²) in [5.41, 5.74) is 1.30. The number of carboxylic acid groups (broad SMARTS) is 1. The first-order valence-corrected chi connectivity index (χ1v) is 6.38. The zero-order chi connectivity index (χ0) is 12.7. The van der Waals surface area contributed by atoms with Crippen molar-refractivity contribution >= 4 is 5.97 Å². The van der Waals surface area contributed by atoms with Crippen molar-refractivity contribution in [2.45, 2.75) is 51.9 Å². The maximum absolute atomic E-state index is 10.7. The molecule has 0 bridgehead atoms. The smallest absolute Gasteiger partial charge is 0.354 e. The van der Waals surface area contributed by atoms with Gasteiger partial charge in [-0.15, -0.1) is 0 Å². The lowest BCUT2D eigenvalue weighted by Crippen LogP contribution is -2.03. The lowest BCUT2D eigenvalue weighted by Gasteiger charge is -2.15. The first-order chi connectivity index (χ1) is 8.19. The second-order valence-electron chi connectivity index (χ2n) is 4.41. The Balaban J connectivity index is 2.75. The van der Waals surface area contributed by atoms with E-state index < -0.39 is 5.97 Å². The van der Waals surface area contributed by atoms with Crippen molar-refractivity contribution in [3.63, 3.8) is 0 Å². The molecule has 0 fully saturated rings. The maximum atomic E-state index is 10.7. The number of hydrogen-bond acceptors (Lipinski definition) is 2. The minimum Gasteiger partial charge on any atom is -0.477 e. The van der Waals surface area contributed by atoms with Crippen molar-refractivity contribution in [2.24, 2.45) is 0 Å². The highest BCUT2D eigenvalue weighted by Gasteiger charge is 2.12. The molecule has 1 aromatic rings. The molecule has 0 aliphatic rings. The van der Waals surface area contributed by atoms with Gasteiger partial charge < -0.3 is 5.11 Å². The van der Waals surface area contributed by atoms with Crippen molar-refractivity contribution in [1.29, 1.82) is 0 Å². The molecule has 1 heterocycles. The Morgan fingerprint density at radius 1 is 1.29 bits per heavy atom. The Morgan fingerprint density at radius 2 is 2.06 bits per heavy atom. The highest BCUT2D eigenvalue weighted by Crippen LogP contribution is 2.26. The molecule has 0 aliphatic heterocycles. The summed E-state index contributed by atoms with van der Waals surface area (Å²) >= 11 is 0. The molecule has 0 aliphatic carbocycles. The molecule has 0 radical (unpaired) electrons. The number of pyridine rings is 1. The summed E-state index contributed by atoms with van der Waals surface area (Å²) in [6.07, 6.45) is 7.59. The van der Waals surface area contributed by atoms with Crippen molar-refractivity contribution in [3.8, 4) is 0 Å². The van der Waals surface area contributed by atoms with Crippen LogP contribution >= 0.6 is 0 Å². The van der Waals surface area contributed by atoms with E-state index in [1.165, 1.54) is 24.8 Å². The summed E-state index contributed by atoms with van der Waals surface area (Å²) in [6, 6.07) is 3.51. The van der Waals surface area contributed by atoms with E-state index in [1.807, 2.05) is 6.07 Å². The van der Waals surface area contributed by atoms with Gasteiger partial charge >= 0.3 is 5.97 Å². The van der Waals surface area contributed by atoms with Gasteiger partial charge in [-0.1, -0.05) is 39.2 Å². The molecule has 1 atom stereocenters. The SMILES string of the molecule is CCCCC(CCC)c1ccc(C(=O)O)nc1. The summed E-state index contributed by atoms with van der Waals surface area (Å²) in [5.74, 6) is -0.438. The standard InChI is InChI=1S/C14H21NO2/c1-3-5-7-11(6-4-2)12-8-9-13(14(16)17)15-10-12/h8-11H,3-7H2,1-2H3,(H,16,17). The van der Waals surface area contributed by atoms with Crippen LogP contribution in [0.1, 0.15) is 67.9 Å². The summed E-state index contributed by atoms with van der Waals surface area (Å²) in [6.45, 7) is 4.37. The predicted octanol–water partition coefficient (Wildman–Crippen LogP) is 3.85. The van der Waals surface area contributed by atoms with E-state index in [2.05, 4.69) is 18.8 Å². The molecule has 94 valence electrons. The van der Waals surface area contributed by atoms with Gasteiger partial charge in [0.25, 0.3) is 0 Å². The number of rotatable bonds is 7. The normalized spacial score (nSPS) is 12.4. The molecule has 3 nitrogen and oxygen atoms in total. The molecule has 0 spiro atoms. The minimum atomic E-state index is -0.961. The molecule has 0 saturated carbocycles. The van der Waals surface area contributed by atoms with Crippen LogP contribution in [0, 0.1) is 0 Å². The molecule has 1 unspecified atom stereocenters. The van der Waals surface area contributed by atoms with E-state index in [0.717, 1.165) is 12.8 Å². The topological polar surface area (TPSA) is 50.2 Å². The lowest BCUT2D eigenvalue weighted by molar-refractivity contribution is 0.0690. The quantitative estimate of drug-likeness (QED) is 0.780. The second kappa shape index (κ2) is 7.05. The Hall–Kier alpha value is -1.38. The van der Waals surface area contributed by atoms with Gasteiger partial charge in [0.1, 0.15) is 5.69 Å². The number of aromatic carboxylic acids is 1. The minimum absolute atomic E-state index is 0.125. The molecule has 17 heavy (non-hydrogen) atoms. The number of carboxylic acids is 1. The highest BCUT2D eigenvalue weighted by molar-refractivity contribution is 5.85. The van der Waals surface area contributed by atoms with Gasteiger partial charge in [-0.25, -0.2) is 9.78 Å². The van der Waals surface area contributed by atoms with E-state index in [4.69, 9.17) is 5.11 Å². The first kappa shape index (κ1) is 13.7. The molecule has 1 N–H and O–H groups in total. The van der Waals surface area contributed by atoms with Crippen molar-refractivity contribution < 1.29 is 9.90 Å². The average molecular weight is 235 g/mol. The summed E-state index contributed by atoms with van der Waals surface area (Å²) in [4.78, 5) is 14.7. The lowest BCUT2D eigenvalue weighted by atomic mass is 9.91. The largest absolute Gasteiger partial charge is 0.477 e. The zero-order valence-electron chi connectivity index (χ0n) is 10.6. The van der Waals surface area contributed by atoms with E-state index in [9.17, 15) is 4.79 Å². The van der Waals surface area contributed by atoms with Gasteiger partial charge in [-0.2, -0.15) is 0 Å². The van der Waals surface area contributed by atoms with Crippen LogP contribution in [-0.4, -0.2) is 16.1 Å². The Labute approximate surface area is 103 Å². The van der Waals surface area contributed by atoms with Crippen LogP contribution < -0.4 is 0 Å². The third-order valence-corrected chi connectivity index (χ3v) is 3.02. The Kier molecular flexibility index (Phi) is 5.67. The van der Waals surface area contributed by atoms with Crippen LogP contribution in [0.25, 0.3) is 0 Å². The van der Waals surface area contributed by atoms with Crippen molar-refractivity contribution in [1.82, 2.24) is 4.98 Å². The van der Waals surface area contributed by atoms with Gasteiger partial charge in [0, 0.05) is 6.20 Å². The molecular weight excluding hydrogens is 214 g/mol. The third-order valence-electron chi connectivity index (χ3n) is 3.02. The maximum Gasteiger partial charge on any atom is 0.354 e. The molecule has 1 rings (SSSR count). The first-order valence-electron chi connectivity index (χ1n) is 6.38. The Morgan fingerprint density at radius 3 is 2.53 bits per heavy atom. The van der Waals surface area contributed by atoms with Crippen LogP contribution in [0.2, 0.25) is 0 Å². The fraction of sp³-hybridized carbons (Fsp3) is 0.571. The van der Waals surface area contributed by atoms with Crippen molar-refractivity contribution in [3.05, 3.63) is 29.6 Å². The van der Waals surface area contributed by atoms with Gasteiger partial charge in [0.15, 0.2) is 0 Å². The number of hydrogen-bond donors (Lipinski definition) is 1. The van der Waals surface area contributed by atoms with Gasteiger partial charge in [0.05, 0.1) is 0 Å². The monoisotopic (exact) mass is 235 g/mol. The molecule has 3 heteroatoms. The fourth-order valence-electron chi connectivity index (χ4n) is 2.05. The van der Waals surface area contributed by atoms with Crippen LogP contribution in [0.15, 0.2) is 18.3 Å². The van der Waals surface area contributed by atoms with Gasteiger partial charge in [-0.05, 0) is 30.4 Å². The summed E-state index contributed by atoms with van der Waals surface area (Å²) < 4.78 is 0. The van der Waals surface area contributed by atoms with Crippen molar-refractivity contribution in [2.75, 3.05) is 0 Å². The van der Waals surface area contributed by atoms with Crippen LogP contribution in [0.3, 0.4) is 0 Å². The van der Waals surface area contributed by atoms with E-state index in [1.54, 1.807) is 12.3 Å². The molecule has 0 saturated heterocycles. The average Bonchev–Trinajstić information content (AvgIpc) is 2.34. The molecule has 1 aromatic heterocycles. The van der Waals surface area contributed by atoms with Crippen LogP contribution in [-0.2, 0) is 0 Å². The molecular formula is C14H21NO2. The summed E-state index contributed by atoms with van der Waals surface area (Å²) in [5, 5.41) is 8.80. The zero-order valence-corrected chi connectivity index (χ0v) is 10.6. The van der Waals surface area contributed by atoms with Gasteiger partial charge in [0.2, 0.25) is 0 Å². The fourth-order valence-corrected chi connectivity index (χ4v) is 2.05. The van der Waals surface area contributed by atoms with Crippen LogP contribution in [0.4, 0.5) is 0 Å². The second-order valence-corrected chi connectivity index (χ2v) is 4.41. The van der Waals surface area contributed by atoms with Crippen LogP contribution in [0.5, 0.6) is 0 Å². The predicted molar refractivity (Wildman–Crippen MR) is 68.4 cm³/mol. The van der Waals surface area contributed by atoms with E-state index in [-0.39, 0.29) is 5.69 Å². The molecule has 0 aromatic carbocycles. The molecule has 0 amide bonds. The Bertz CT molecular complexity index is 346. The highest BCUT2D eigenvalue weighted by atomic mass is 16.4. The third kappa shape index (κ3) is 4.17. The number of unbranched alkanes of at least 4 members (excludes halogenated alkanes) is 1. The van der Waals surface area contributed by atoms with E-state index >= 15 is 0 Å². The number of aromatic nitrogens is 1. The summed E-state index contributed by atoms with van der Waals surface area (Å²) in [7, 11) is 0.